The fourth-order valence-electron chi connectivity index (χ4n) is 1.91. The molecule has 1 N–H and O–H groups in total. The lowest BCUT2D eigenvalue weighted by Gasteiger charge is -2.06. The van der Waals surface area contributed by atoms with Gasteiger partial charge in [-0.05, 0) is 29.3 Å². The number of rotatable bonds is 4. The summed E-state index contributed by atoms with van der Waals surface area (Å²) in [4.78, 5) is 4.04. The van der Waals surface area contributed by atoms with Crippen molar-refractivity contribution in [1.82, 2.24) is 10.3 Å². The van der Waals surface area contributed by atoms with Crippen molar-refractivity contribution in [2.75, 3.05) is 6.79 Å². The van der Waals surface area contributed by atoms with E-state index in [1.807, 2.05) is 24.3 Å². The third-order valence-corrected chi connectivity index (χ3v) is 3.11. The lowest BCUT2D eigenvalue weighted by molar-refractivity contribution is 0.174. The Labute approximate surface area is 116 Å². The number of ether oxygens (including phenoxy) is 2. The molecule has 0 amide bonds. The molecule has 5 heteroatoms. The van der Waals surface area contributed by atoms with E-state index in [1.54, 1.807) is 12.3 Å². The number of fused-ring (bicyclic) bond motifs is 1. The highest BCUT2D eigenvalue weighted by Gasteiger charge is 2.12. The van der Waals surface area contributed by atoms with Crippen LogP contribution in [0, 0.1) is 0 Å². The van der Waals surface area contributed by atoms with Gasteiger partial charge in [-0.15, -0.1) is 0 Å². The number of hydrogen-bond donors (Lipinski definition) is 1. The van der Waals surface area contributed by atoms with Gasteiger partial charge in [-0.25, -0.2) is 4.98 Å². The zero-order chi connectivity index (χ0) is 13.1. The Morgan fingerprint density at radius 2 is 1.84 bits per heavy atom. The van der Waals surface area contributed by atoms with Crippen LogP contribution in [-0.4, -0.2) is 11.8 Å². The van der Waals surface area contributed by atoms with Gasteiger partial charge >= 0.3 is 0 Å². The van der Waals surface area contributed by atoms with E-state index in [0.29, 0.717) is 11.9 Å². The van der Waals surface area contributed by atoms with Crippen LogP contribution in [0.3, 0.4) is 0 Å². The molecule has 0 atom stereocenters. The van der Waals surface area contributed by atoms with Crippen molar-refractivity contribution in [3.8, 4) is 11.5 Å². The van der Waals surface area contributed by atoms with Gasteiger partial charge in [0.2, 0.25) is 6.79 Å². The average Bonchev–Trinajstić information content (AvgIpc) is 2.88. The summed E-state index contributed by atoms with van der Waals surface area (Å²) in [5.41, 5.74) is 2.26. The minimum atomic E-state index is 0.308. The summed E-state index contributed by atoms with van der Waals surface area (Å²) in [6.07, 6.45) is 1.77. The molecule has 0 spiro atoms. The maximum absolute atomic E-state index is 5.74. The molecule has 1 aromatic heterocycles. The van der Waals surface area contributed by atoms with Gasteiger partial charge in [0.05, 0.1) is 0 Å². The molecule has 0 fully saturated rings. The SMILES string of the molecule is Clc1ccc(CNCc2ccc3c(c2)OCO3)cn1. The van der Waals surface area contributed by atoms with Crippen molar-refractivity contribution in [1.29, 1.82) is 0 Å². The highest BCUT2D eigenvalue weighted by Crippen LogP contribution is 2.32. The van der Waals surface area contributed by atoms with E-state index >= 15 is 0 Å². The van der Waals surface area contributed by atoms with Gasteiger partial charge in [-0.2, -0.15) is 0 Å². The molecule has 0 saturated carbocycles. The molecular formula is C14H13ClN2O2. The Morgan fingerprint density at radius 1 is 1.05 bits per heavy atom. The second kappa shape index (κ2) is 5.47. The number of hydrogen-bond acceptors (Lipinski definition) is 4. The largest absolute Gasteiger partial charge is 0.454 e. The Morgan fingerprint density at radius 3 is 2.68 bits per heavy atom. The first-order valence-electron chi connectivity index (χ1n) is 6.01. The van der Waals surface area contributed by atoms with Gasteiger partial charge in [-0.1, -0.05) is 23.7 Å². The van der Waals surface area contributed by atoms with Crippen LogP contribution in [0.1, 0.15) is 11.1 Å². The molecule has 1 aliphatic heterocycles. The summed E-state index contributed by atoms with van der Waals surface area (Å²) in [6, 6.07) is 9.71. The Kier molecular flexibility index (Phi) is 3.53. The zero-order valence-corrected chi connectivity index (χ0v) is 11.0. The van der Waals surface area contributed by atoms with Crippen LogP contribution in [0.2, 0.25) is 5.15 Å². The summed E-state index contributed by atoms with van der Waals surface area (Å²) in [7, 11) is 0. The number of aromatic nitrogens is 1. The standard InChI is InChI=1S/C14H13ClN2O2/c15-14-4-2-11(8-17-14)7-16-6-10-1-3-12-13(5-10)19-9-18-12/h1-5,8,16H,6-7,9H2. The summed E-state index contributed by atoms with van der Waals surface area (Å²) in [6.45, 7) is 1.82. The van der Waals surface area contributed by atoms with Crippen LogP contribution < -0.4 is 14.8 Å². The molecule has 0 unspecified atom stereocenters. The third kappa shape index (κ3) is 2.97. The number of halogens is 1. The van der Waals surface area contributed by atoms with Crippen molar-refractivity contribution >= 4 is 11.6 Å². The van der Waals surface area contributed by atoms with Crippen LogP contribution in [0.25, 0.3) is 0 Å². The van der Waals surface area contributed by atoms with E-state index in [0.717, 1.165) is 35.7 Å². The van der Waals surface area contributed by atoms with Crippen molar-refractivity contribution in [3.63, 3.8) is 0 Å². The highest BCUT2D eigenvalue weighted by molar-refractivity contribution is 6.29. The molecule has 0 saturated heterocycles. The van der Waals surface area contributed by atoms with Gasteiger partial charge < -0.3 is 14.8 Å². The van der Waals surface area contributed by atoms with E-state index in [-0.39, 0.29) is 0 Å². The number of nitrogens with zero attached hydrogens (tertiary/aromatic N) is 1. The van der Waals surface area contributed by atoms with Gasteiger partial charge in [0, 0.05) is 19.3 Å². The first kappa shape index (κ1) is 12.3. The lowest BCUT2D eigenvalue weighted by Crippen LogP contribution is -2.12. The highest BCUT2D eigenvalue weighted by atomic mass is 35.5. The van der Waals surface area contributed by atoms with Gasteiger partial charge in [0.25, 0.3) is 0 Å². The molecule has 1 aliphatic rings. The molecule has 98 valence electrons. The predicted octanol–water partition coefficient (Wildman–Crippen LogP) is 2.75. The normalized spacial score (nSPS) is 12.7. The van der Waals surface area contributed by atoms with Crippen molar-refractivity contribution in [2.45, 2.75) is 13.1 Å². The smallest absolute Gasteiger partial charge is 0.231 e. The lowest BCUT2D eigenvalue weighted by atomic mass is 10.2. The molecule has 2 heterocycles. The van der Waals surface area contributed by atoms with Gasteiger partial charge in [-0.3, -0.25) is 0 Å². The van der Waals surface area contributed by atoms with Gasteiger partial charge in [0.15, 0.2) is 11.5 Å². The molecule has 4 nitrogen and oxygen atoms in total. The maximum Gasteiger partial charge on any atom is 0.231 e. The van der Waals surface area contributed by atoms with Crippen LogP contribution >= 0.6 is 11.6 Å². The number of pyridine rings is 1. The molecule has 0 bridgehead atoms. The van der Waals surface area contributed by atoms with Gasteiger partial charge in [0.1, 0.15) is 5.15 Å². The monoisotopic (exact) mass is 276 g/mol. The maximum atomic E-state index is 5.74. The molecule has 0 radical (unpaired) electrons. The topological polar surface area (TPSA) is 43.4 Å². The van der Waals surface area contributed by atoms with E-state index in [9.17, 15) is 0 Å². The van der Waals surface area contributed by atoms with Crippen LogP contribution in [0.5, 0.6) is 11.5 Å². The van der Waals surface area contributed by atoms with Crippen molar-refractivity contribution < 1.29 is 9.47 Å². The molecule has 19 heavy (non-hydrogen) atoms. The fraction of sp³-hybridized carbons (Fsp3) is 0.214. The van der Waals surface area contributed by atoms with E-state index in [2.05, 4.69) is 10.3 Å². The molecule has 2 aromatic rings. The molecule has 0 aliphatic carbocycles. The summed E-state index contributed by atoms with van der Waals surface area (Å²) in [5.74, 6) is 1.62. The second-order valence-electron chi connectivity index (χ2n) is 4.28. The van der Waals surface area contributed by atoms with Crippen LogP contribution in [-0.2, 0) is 13.1 Å². The Balaban J connectivity index is 1.56. The van der Waals surface area contributed by atoms with Crippen molar-refractivity contribution in [3.05, 3.63) is 52.8 Å². The fourth-order valence-corrected chi connectivity index (χ4v) is 2.02. The molecule has 3 rings (SSSR count). The van der Waals surface area contributed by atoms with E-state index in [4.69, 9.17) is 21.1 Å². The van der Waals surface area contributed by atoms with Crippen LogP contribution in [0.4, 0.5) is 0 Å². The molecular weight excluding hydrogens is 264 g/mol. The minimum absolute atomic E-state index is 0.308. The van der Waals surface area contributed by atoms with E-state index in [1.165, 1.54) is 0 Å². The first-order valence-corrected chi connectivity index (χ1v) is 6.39. The third-order valence-electron chi connectivity index (χ3n) is 2.88. The average molecular weight is 277 g/mol. The number of nitrogens with one attached hydrogen (secondary N) is 1. The summed E-state index contributed by atoms with van der Waals surface area (Å²) in [5, 5.41) is 3.86. The Bertz CT molecular complexity index is 572. The second-order valence-corrected chi connectivity index (χ2v) is 4.67. The summed E-state index contributed by atoms with van der Waals surface area (Å²) < 4.78 is 10.6. The summed E-state index contributed by atoms with van der Waals surface area (Å²) >= 11 is 5.74. The Hall–Kier alpha value is -1.78. The first-order chi connectivity index (χ1) is 9.31. The predicted molar refractivity (Wildman–Crippen MR) is 72.4 cm³/mol. The van der Waals surface area contributed by atoms with Crippen LogP contribution in [0.15, 0.2) is 36.5 Å². The number of benzene rings is 1. The molecule has 1 aromatic carbocycles. The minimum Gasteiger partial charge on any atom is -0.454 e. The van der Waals surface area contributed by atoms with E-state index < -0.39 is 0 Å². The zero-order valence-electron chi connectivity index (χ0n) is 10.2. The van der Waals surface area contributed by atoms with Crippen molar-refractivity contribution in [2.24, 2.45) is 0 Å². The quantitative estimate of drug-likeness (QED) is 0.872.